The number of benzene rings is 3. The Morgan fingerprint density at radius 2 is 1.77 bits per heavy atom. The van der Waals surface area contributed by atoms with Crippen LogP contribution >= 0.6 is 0 Å². The molecule has 2 bridgehead atoms. The minimum absolute atomic E-state index is 0.104. The van der Waals surface area contributed by atoms with E-state index in [9.17, 15) is 14.0 Å². The number of furan rings is 1. The summed E-state index contributed by atoms with van der Waals surface area (Å²) in [6.07, 6.45) is 4.72. The molecular weight excluding hydrogens is 541 g/mol. The topological polar surface area (TPSA) is 81.5 Å². The van der Waals surface area contributed by atoms with Crippen molar-refractivity contribution in [3.05, 3.63) is 83.2 Å². The number of piperidine rings is 1. The lowest BCUT2D eigenvalue weighted by atomic mass is 10.0. The van der Waals surface area contributed by atoms with Crippen LogP contribution in [0.25, 0.3) is 44.5 Å². The summed E-state index contributed by atoms with van der Waals surface area (Å²) in [5.41, 5.74) is 11.2. The van der Waals surface area contributed by atoms with E-state index in [0.717, 1.165) is 64.0 Å². The third-order valence-electron chi connectivity index (χ3n) is 10.3. The molecule has 1 aliphatic heterocycles. The van der Waals surface area contributed by atoms with E-state index in [1.165, 1.54) is 31.4 Å². The number of carbonyl (C=O) groups excluding carboxylic acids is 2. The highest BCUT2D eigenvalue weighted by molar-refractivity contribution is 6.00. The van der Waals surface area contributed by atoms with Gasteiger partial charge in [-0.3, -0.25) is 9.59 Å². The van der Waals surface area contributed by atoms with Crippen LogP contribution in [0.2, 0.25) is 0 Å². The molecule has 3 aromatic carbocycles. The maximum Gasteiger partial charge on any atom is 0.254 e. The van der Waals surface area contributed by atoms with Gasteiger partial charge in [0.2, 0.25) is 0 Å². The molecule has 3 unspecified atom stereocenters. The van der Waals surface area contributed by atoms with Gasteiger partial charge in [-0.1, -0.05) is 31.2 Å². The summed E-state index contributed by atoms with van der Waals surface area (Å²) in [6, 6.07) is 19.1. The number of halogens is 1. The molecule has 2 saturated carbocycles. The van der Waals surface area contributed by atoms with Gasteiger partial charge in [-0.2, -0.15) is 0 Å². The van der Waals surface area contributed by atoms with E-state index < -0.39 is 11.7 Å². The predicted molar refractivity (Wildman–Crippen MR) is 165 cm³/mol. The summed E-state index contributed by atoms with van der Waals surface area (Å²) in [6.45, 7) is 6.09. The Morgan fingerprint density at radius 3 is 2.47 bits per heavy atom. The van der Waals surface area contributed by atoms with Crippen molar-refractivity contribution in [1.82, 2.24) is 9.47 Å². The number of nitrogens with zero attached hydrogens (tertiary/aromatic N) is 2. The number of amides is 2. The maximum atomic E-state index is 14.6. The molecule has 7 heteroatoms. The zero-order valence-corrected chi connectivity index (χ0v) is 24.4. The standard InChI is InChI=1S/C36H34FN3O3/c1-19-26-9-12-30(19)40(18-26)36(42)25-8-10-27-20(2)34(43-33(27)16-25)32-15-24-6-5-23(14-31(24)39(32)17-21-3-4-21)22-7-11-28(35(38)41)29(37)13-22/h5-8,10-11,13-16,19,21,26,30H,3-4,9,12,17-18H2,1-2H3,(H2,38,41). The average molecular weight is 576 g/mol. The number of aromatic nitrogens is 1. The Morgan fingerprint density at radius 1 is 0.977 bits per heavy atom. The second kappa shape index (κ2) is 9.56. The third-order valence-corrected chi connectivity index (χ3v) is 10.3. The summed E-state index contributed by atoms with van der Waals surface area (Å²) in [5, 5.41) is 2.08. The highest BCUT2D eigenvalue weighted by Gasteiger charge is 2.46. The van der Waals surface area contributed by atoms with Crippen LogP contribution in [0.4, 0.5) is 4.39 Å². The van der Waals surface area contributed by atoms with Crippen LogP contribution < -0.4 is 5.73 Å². The fraction of sp³-hybridized carbons (Fsp3) is 0.333. The van der Waals surface area contributed by atoms with Crippen LogP contribution in [-0.2, 0) is 6.54 Å². The molecule has 2 N–H and O–H groups in total. The largest absolute Gasteiger partial charge is 0.454 e. The summed E-state index contributed by atoms with van der Waals surface area (Å²) >= 11 is 0. The Bertz CT molecular complexity index is 1970. The van der Waals surface area contributed by atoms with E-state index in [0.29, 0.717) is 34.9 Å². The fourth-order valence-electron chi connectivity index (χ4n) is 7.58. The van der Waals surface area contributed by atoms with Crippen LogP contribution in [-0.4, -0.2) is 33.9 Å². The first-order valence-electron chi connectivity index (χ1n) is 15.3. The van der Waals surface area contributed by atoms with Gasteiger partial charge in [0.15, 0.2) is 5.76 Å². The minimum Gasteiger partial charge on any atom is -0.454 e. The molecule has 0 spiro atoms. The van der Waals surface area contributed by atoms with Crippen molar-refractivity contribution in [2.75, 3.05) is 6.54 Å². The monoisotopic (exact) mass is 575 g/mol. The van der Waals surface area contributed by atoms with Crippen LogP contribution in [0.1, 0.15) is 58.9 Å². The van der Waals surface area contributed by atoms with Crippen molar-refractivity contribution >= 4 is 33.7 Å². The van der Waals surface area contributed by atoms with Crippen LogP contribution in [0, 0.1) is 30.5 Å². The van der Waals surface area contributed by atoms with Crippen LogP contribution in [0.15, 0.2) is 65.1 Å². The molecule has 3 atom stereocenters. The summed E-state index contributed by atoms with van der Waals surface area (Å²) in [7, 11) is 0. The highest BCUT2D eigenvalue weighted by Crippen LogP contribution is 2.44. The molecule has 2 aromatic heterocycles. The van der Waals surface area contributed by atoms with Crippen molar-refractivity contribution < 1.29 is 18.4 Å². The lowest BCUT2D eigenvalue weighted by Gasteiger charge is -2.27. The van der Waals surface area contributed by atoms with Gasteiger partial charge in [-0.05, 0) is 97.9 Å². The summed E-state index contributed by atoms with van der Waals surface area (Å²) in [4.78, 5) is 27.2. The predicted octanol–water partition coefficient (Wildman–Crippen LogP) is 7.55. The lowest BCUT2D eigenvalue weighted by molar-refractivity contribution is 0.0696. The Labute approximate surface area is 249 Å². The molecule has 2 amide bonds. The molecule has 5 aromatic rings. The first-order valence-corrected chi connectivity index (χ1v) is 15.3. The van der Waals surface area contributed by atoms with Crippen LogP contribution in [0.5, 0.6) is 0 Å². The first kappa shape index (κ1) is 26.3. The average Bonchev–Trinajstić information content (AvgIpc) is 3.41. The van der Waals surface area contributed by atoms with Gasteiger partial charge in [0.25, 0.3) is 11.8 Å². The molecule has 43 heavy (non-hydrogen) atoms. The molecule has 0 radical (unpaired) electrons. The number of hydrogen-bond acceptors (Lipinski definition) is 3. The number of carbonyl (C=O) groups is 2. The molecule has 1 saturated heterocycles. The zero-order chi connectivity index (χ0) is 29.6. The Hall–Kier alpha value is -4.39. The Balaban J connectivity index is 1.19. The van der Waals surface area contributed by atoms with Gasteiger partial charge in [0.1, 0.15) is 11.4 Å². The molecule has 6 nitrogen and oxygen atoms in total. The third kappa shape index (κ3) is 4.20. The normalized spacial score (nSPS) is 21.4. The summed E-state index contributed by atoms with van der Waals surface area (Å²) in [5.74, 6) is 1.32. The molecular formula is C36H34FN3O3. The number of nitrogens with two attached hydrogens (primary N) is 1. The molecule has 218 valence electrons. The minimum atomic E-state index is -0.780. The van der Waals surface area contributed by atoms with E-state index in [2.05, 4.69) is 41.5 Å². The van der Waals surface area contributed by atoms with Gasteiger partial charge in [-0.15, -0.1) is 0 Å². The van der Waals surface area contributed by atoms with Crippen molar-refractivity contribution in [2.45, 2.75) is 52.1 Å². The fourth-order valence-corrected chi connectivity index (χ4v) is 7.58. The van der Waals surface area contributed by atoms with E-state index in [4.69, 9.17) is 10.2 Å². The molecule has 2 aliphatic carbocycles. The molecule has 3 heterocycles. The number of fused-ring (bicyclic) bond motifs is 4. The number of aryl methyl sites for hydroxylation is 1. The van der Waals surface area contributed by atoms with Crippen molar-refractivity contribution in [1.29, 1.82) is 0 Å². The smallest absolute Gasteiger partial charge is 0.254 e. The van der Waals surface area contributed by atoms with Gasteiger partial charge in [0.05, 0.1) is 11.3 Å². The van der Waals surface area contributed by atoms with Gasteiger partial charge in [0, 0.05) is 46.5 Å². The number of rotatable bonds is 6. The molecule has 3 fully saturated rings. The lowest BCUT2D eigenvalue weighted by Crippen LogP contribution is -2.38. The number of primary amides is 1. The SMILES string of the molecule is Cc1c(-c2cc3ccc(-c4ccc(C(N)=O)c(F)c4)cc3n2CC2CC2)oc2cc(C(=O)N3CC4CCC3C4C)ccc12. The molecule has 3 aliphatic rings. The zero-order valence-electron chi connectivity index (χ0n) is 24.4. The second-order valence-corrected chi connectivity index (χ2v) is 12.9. The van der Waals surface area contributed by atoms with E-state index in [1.807, 2.05) is 24.3 Å². The van der Waals surface area contributed by atoms with Crippen molar-refractivity contribution in [2.24, 2.45) is 23.5 Å². The molecule has 8 rings (SSSR count). The Kier molecular flexibility index (Phi) is 5.84. The van der Waals surface area contributed by atoms with Crippen LogP contribution in [0.3, 0.4) is 0 Å². The number of likely N-dealkylation sites (tertiary alicyclic amines) is 1. The maximum absolute atomic E-state index is 14.6. The van der Waals surface area contributed by atoms with Crippen molar-refractivity contribution in [3.8, 4) is 22.6 Å². The second-order valence-electron chi connectivity index (χ2n) is 12.9. The van der Waals surface area contributed by atoms with E-state index >= 15 is 0 Å². The van der Waals surface area contributed by atoms with Gasteiger partial charge >= 0.3 is 0 Å². The van der Waals surface area contributed by atoms with E-state index in [1.54, 1.807) is 6.07 Å². The summed E-state index contributed by atoms with van der Waals surface area (Å²) < 4.78 is 23.5. The quantitative estimate of drug-likeness (QED) is 0.227. The van der Waals surface area contributed by atoms with Gasteiger partial charge in [-0.25, -0.2) is 4.39 Å². The highest BCUT2D eigenvalue weighted by atomic mass is 19.1. The number of hydrogen-bond donors (Lipinski definition) is 1. The van der Waals surface area contributed by atoms with E-state index in [-0.39, 0.29) is 11.5 Å². The first-order chi connectivity index (χ1) is 20.8. The van der Waals surface area contributed by atoms with Gasteiger partial charge < -0.3 is 19.6 Å². The van der Waals surface area contributed by atoms with Crippen molar-refractivity contribution in [3.63, 3.8) is 0 Å².